The van der Waals surface area contributed by atoms with Crippen molar-refractivity contribution < 1.29 is 9.53 Å². The van der Waals surface area contributed by atoms with Crippen LogP contribution in [0.4, 0.5) is 5.82 Å². The Labute approximate surface area is 142 Å². The minimum Gasteiger partial charge on any atom is -0.496 e. The summed E-state index contributed by atoms with van der Waals surface area (Å²) in [7, 11) is 5.55. The van der Waals surface area contributed by atoms with E-state index in [2.05, 4.69) is 20.6 Å². The van der Waals surface area contributed by atoms with Gasteiger partial charge in [-0.05, 0) is 20.2 Å². The smallest absolute Gasteiger partial charge is 0.270 e. The summed E-state index contributed by atoms with van der Waals surface area (Å²) in [6.07, 6.45) is 1.38. The normalized spacial score (nSPS) is 10.5. The van der Waals surface area contributed by atoms with Crippen molar-refractivity contribution in [1.29, 1.82) is 0 Å². The molecule has 1 aromatic heterocycles. The number of carbonyl (C=O) groups is 1. The first-order valence-electron chi connectivity index (χ1n) is 7.71. The summed E-state index contributed by atoms with van der Waals surface area (Å²) in [5, 5.41) is 6.02. The molecule has 1 heterocycles. The molecule has 24 heavy (non-hydrogen) atoms. The summed E-state index contributed by atoms with van der Waals surface area (Å²) in [5.41, 5.74) is 1.35. The van der Waals surface area contributed by atoms with Gasteiger partial charge in [-0.3, -0.25) is 4.79 Å². The van der Waals surface area contributed by atoms with Gasteiger partial charge in [0.1, 0.15) is 23.6 Å². The highest BCUT2D eigenvalue weighted by Gasteiger charge is 2.09. The van der Waals surface area contributed by atoms with Gasteiger partial charge in [0.2, 0.25) is 0 Å². The third kappa shape index (κ3) is 5.20. The van der Waals surface area contributed by atoms with Gasteiger partial charge >= 0.3 is 0 Å². The number of hydrogen-bond donors (Lipinski definition) is 2. The SMILES string of the molecule is COc1ccccc1CNc1cc(C(=O)NCCN(C)C)ncn1. The third-order valence-electron chi connectivity index (χ3n) is 3.40. The Morgan fingerprint density at radius 1 is 1.25 bits per heavy atom. The molecular weight excluding hydrogens is 306 g/mol. The van der Waals surface area contributed by atoms with E-state index in [1.54, 1.807) is 13.2 Å². The van der Waals surface area contributed by atoms with Crippen LogP contribution in [0.15, 0.2) is 36.7 Å². The van der Waals surface area contributed by atoms with Gasteiger partial charge in [0.05, 0.1) is 7.11 Å². The van der Waals surface area contributed by atoms with Crippen LogP contribution in [0.5, 0.6) is 5.75 Å². The summed E-state index contributed by atoms with van der Waals surface area (Å²) in [6.45, 7) is 1.89. The molecule has 0 aliphatic heterocycles. The van der Waals surface area contributed by atoms with Crippen LogP contribution < -0.4 is 15.4 Å². The number of para-hydroxylation sites is 1. The van der Waals surface area contributed by atoms with Crippen molar-refractivity contribution in [1.82, 2.24) is 20.2 Å². The van der Waals surface area contributed by atoms with Crippen LogP contribution >= 0.6 is 0 Å². The van der Waals surface area contributed by atoms with Crippen LogP contribution in [0, 0.1) is 0 Å². The number of nitrogens with one attached hydrogen (secondary N) is 2. The number of methoxy groups -OCH3 is 1. The lowest BCUT2D eigenvalue weighted by Crippen LogP contribution is -2.31. The zero-order chi connectivity index (χ0) is 17.4. The number of nitrogens with zero attached hydrogens (tertiary/aromatic N) is 3. The maximum Gasteiger partial charge on any atom is 0.270 e. The number of ether oxygens (including phenoxy) is 1. The first-order valence-corrected chi connectivity index (χ1v) is 7.71. The van der Waals surface area contributed by atoms with Gasteiger partial charge in [-0.25, -0.2) is 9.97 Å². The van der Waals surface area contributed by atoms with Gasteiger partial charge in [-0.1, -0.05) is 18.2 Å². The zero-order valence-electron chi connectivity index (χ0n) is 14.2. The number of amides is 1. The largest absolute Gasteiger partial charge is 0.496 e. The molecule has 0 radical (unpaired) electrons. The molecule has 0 aliphatic carbocycles. The number of rotatable bonds is 8. The van der Waals surface area contributed by atoms with Crippen molar-refractivity contribution in [3.05, 3.63) is 47.9 Å². The van der Waals surface area contributed by atoms with Gasteiger partial charge in [-0.15, -0.1) is 0 Å². The second-order valence-electron chi connectivity index (χ2n) is 5.51. The topological polar surface area (TPSA) is 79.4 Å². The molecule has 7 nitrogen and oxygen atoms in total. The number of carbonyl (C=O) groups excluding carboxylic acids is 1. The molecule has 0 unspecified atom stereocenters. The third-order valence-corrected chi connectivity index (χ3v) is 3.40. The Balaban J connectivity index is 1.96. The van der Waals surface area contributed by atoms with E-state index in [0.717, 1.165) is 17.9 Å². The Bertz CT molecular complexity index is 676. The summed E-state index contributed by atoms with van der Waals surface area (Å²) < 4.78 is 5.32. The molecule has 0 saturated carbocycles. The fourth-order valence-electron chi connectivity index (χ4n) is 2.10. The quantitative estimate of drug-likeness (QED) is 0.762. The Morgan fingerprint density at radius 3 is 2.79 bits per heavy atom. The number of benzene rings is 1. The summed E-state index contributed by atoms with van der Waals surface area (Å²) >= 11 is 0. The summed E-state index contributed by atoms with van der Waals surface area (Å²) in [6, 6.07) is 9.38. The molecule has 2 N–H and O–H groups in total. The van der Waals surface area contributed by atoms with E-state index >= 15 is 0 Å². The van der Waals surface area contributed by atoms with E-state index < -0.39 is 0 Å². The van der Waals surface area contributed by atoms with Crippen LogP contribution in [-0.4, -0.2) is 55.1 Å². The summed E-state index contributed by atoms with van der Waals surface area (Å²) in [4.78, 5) is 22.3. The molecule has 0 fully saturated rings. The second kappa shape index (κ2) is 8.83. The molecule has 0 aliphatic rings. The molecule has 128 valence electrons. The summed E-state index contributed by atoms with van der Waals surface area (Å²) in [5.74, 6) is 1.19. The molecule has 0 spiro atoms. The number of anilines is 1. The highest BCUT2D eigenvalue weighted by molar-refractivity contribution is 5.92. The molecule has 2 aromatic rings. The average Bonchev–Trinajstić information content (AvgIpc) is 2.60. The standard InChI is InChI=1S/C17H23N5O2/c1-22(2)9-8-18-17(23)14-10-16(21-12-20-14)19-11-13-6-4-5-7-15(13)24-3/h4-7,10,12H,8-9,11H2,1-3H3,(H,18,23)(H,19,20,21). The Hall–Kier alpha value is -2.67. The van der Waals surface area contributed by atoms with Gasteiger partial charge < -0.3 is 20.3 Å². The lowest BCUT2D eigenvalue weighted by molar-refractivity contribution is 0.0946. The van der Waals surface area contributed by atoms with Crippen LogP contribution in [0.1, 0.15) is 16.1 Å². The minimum atomic E-state index is -0.209. The van der Waals surface area contributed by atoms with Crippen LogP contribution in [0.3, 0.4) is 0 Å². The second-order valence-corrected chi connectivity index (χ2v) is 5.51. The van der Waals surface area contributed by atoms with Crippen molar-refractivity contribution in [2.75, 3.05) is 39.6 Å². The minimum absolute atomic E-state index is 0.209. The van der Waals surface area contributed by atoms with Gasteiger partial charge in [-0.2, -0.15) is 0 Å². The van der Waals surface area contributed by atoms with E-state index in [0.29, 0.717) is 24.6 Å². The highest BCUT2D eigenvalue weighted by atomic mass is 16.5. The predicted molar refractivity (Wildman–Crippen MR) is 93.2 cm³/mol. The van der Waals surface area contributed by atoms with Crippen molar-refractivity contribution in [2.45, 2.75) is 6.54 Å². The average molecular weight is 329 g/mol. The Morgan fingerprint density at radius 2 is 2.04 bits per heavy atom. The molecule has 1 aromatic carbocycles. The van der Waals surface area contributed by atoms with Gasteiger partial charge in [0, 0.05) is 31.3 Å². The van der Waals surface area contributed by atoms with Crippen LogP contribution in [0.25, 0.3) is 0 Å². The highest BCUT2D eigenvalue weighted by Crippen LogP contribution is 2.18. The first kappa shape index (κ1) is 17.7. The maximum absolute atomic E-state index is 12.1. The van der Waals surface area contributed by atoms with Crippen LogP contribution in [0.2, 0.25) is 0 Å². The molecule has 2 rings (SSSR count). The van der Waals surface area contributed by atoms with Crippen molar-refractivity contribution in [3.8, 4) is 5.75 Å². The van der Waals surface area contributed by atoms with E-state index in [1.807, 2.05) is 43.3 Å². The lowest BCUT2D eigenvalue weighted by atomic mass is 10.2. The number of hydrogen-bond acceptors (Lipinski definition) is 6. The molecule has 0 saturated heterocycles. The lowest BCUT2D eigenvalue weighted by Gasteiger charge is -2.11. The fourth-order valence-corrected chi connectivity index (χ4v) is 2.10. The molecule has 1 amide bonds. The monoisotopic (exact) mass is 329 g/mol. The van der Waals surface area contributed by atoms with E-state index in [9.17, 15) is 4.79 Å². The molecule has 7 heteroatoms. The van der Waals surface area contributed by atoms with E-state index in [-0.39, 0.29) is 5.91 Å². The molecule has 0 atom stereocenters. The molecule has 0 bridgehead atoms. The maximum atomic E-state index is 12.1. The zero-order valence-corrected chi connectivity index (χ0v) is 14.2. The Kier molecular flexibility index (Phi) is 6.51. The fraction of sp³-hybridized carbons (Fsp3) is 0.353. The predicted octanol–water partition coefficient (Wildman–Crippen LogP) is 1.39. The molecular formula is C17H23N5O2. The number of likely N-dealkylation sites (N-methyl/N-ethyl adjacent to an activating group) is 1. The first-order chi connectivity index (χ1) is 11.6. The van der Waals surface area contributed by atoms with Crippen molar-refractivity contribution in [2.24, 2.45) is 0 Å². The van der Waals surface area contributed by atoms with E-state index in [4.69, 9.17) is 4.74 Å². The van der Waals surface area contributed by atoms with Gasteiger partial charge in [0.25, 0.3) is 5.91 Å². The van der Waals surface area contributed by atoms with E-state index in [1.165, 1.54) is 6.33 Å². The van der Waals surface area contributed by atoms with Crippen LogP contribution in [-0.2, 0) is 6.54 Å². The van der Waals surface area contributed by atoms with Crippen molar-refractivity contribution in [3.63, 3.8) is 0 Å². The van der Waals surface area contributed by atoms with Gasteiger partial charge in [0.15, 0.2) is 0 Å². The van der Waals surface area contributed by atoms with Crippen molar-refractivity contribution >= 4 is 11.7 Å². The number of aromatic nitrogens is 2.